The van der Waals surface area contributed by atoms with Gasteiger partial charge in [0.1, 0.15) is 0 Å². The van der Waals surface area contributed by atoms with Crippen LogP contribution in [0, 0.1) is 0 Å². The van der Waals surface area contributed by atoms with E-state index in [1.165, 1.54) is 0 Å². The quantitative estimate of drug-likeness (QED) is 0.653. The monoisotopic (exact) mass is 228 g/mol. The molecule has 0 saturated heterocycles. The SMILES string of the molecule is Oc1cc(O)nc(-c2cnn3ccccc23)n1. The third-order valence-corrected chi connectivity index (χ3v) is 2.37. The molecule has 0 saturated carbocycles. The van der Waals surface area contributed by atoms with Crippen molar-refractivity contribution in [3.63, 3.8) is 0 Å². The van der Waals surface area contributed by atoms with Gasteiger partial charge in [-0.2, -0.15) is 15.1 Å². The number of hydrogen-bond donors (Lipinski definition) is 2. The minimum Gasteiger partial charge on any atom is -0.493 e. The first-order valence-electron chi connectivity index (χ1n) is 4.94. The molecule has 3 aromatic rings. The molecule has 0 atom stereocenters. The molecule has 6 nitrogen and oxygen atoms in total. The van der Waals surface area contributed by atoms with Gasteiger partial charge in [-0.3, -0.25) is 0 Å². The van der Waals surface area contributed by atoms with Crippen molar-refractivity contribution in [3.05, 3.63) is 36.7 Å². The number of hydrogen-bond acceptors (Lipinski definition) is 5. The van der Waals surface area contributed by atoms with Gasteiger partial charge in [0.05, 0.1) is 23.3 Å². The lowest BCUT2D eigenvalue weighted by atomic mass is 10.2. The third kappa shape index (κ3) is 1.55. The molecular weight excluding hydrogens is 220 g/mol. The Morgan fingerprint density at radius 3 is 2.59 bits per heavy atom. The molecule has 0 aliphatic carbocycles. The number of aromatic nitrogens is 4. The molecule has 0 radical (unpaired) electrons. The van der Waals surface area contributed by atoms with Crippen LogP contribution in [0.3, 0.4) is 0 Å². The molecule has 0 bridgehead atoms. The van der Waals surface area contributed by atoms with E-state index in [-0.39, 0.29) is 17.6 Å². The molecule has 0 amide bonds. The molecule has 0 aliphatic rings. The zero-order valence-corrected chi connectivity index (χ0v) is 8.65. The van der Waals surface area contributed by atoms with Crippen LogP contribution >= 0.6 is 0 Å². The fraction of sp³-hybridized carbons (Fsp3) is 0. The maximum absolute atomic E-state index is 9.33. The maximum Gasteiger partial charge on any atom is 0.218 e. The lowest BCUT2D eigenvalue weighted by Crippen LogP contribution is -1.89. The Balaban J connectivity index is 2.27. The average molecular weight is 228 g/mol. The number of aromatic hydroxyl groups is 2. The Morgan fingerprint density at radius 1 is 1.06 bits per heavy atom. The summed E-state index contributed by atoms with van der Waals surface area (Å²) in [5.74, 6) is -0.311. The van der Waals surface area contributed by atoms with E-state index in [4.69, 9.17) is 0 Å². The van der Waals surface area contributed by atoms with E-state index in [9.17, 15) is 10.2 Å². The fourth-order valence-corrected chi connectivity index (χ4v) is 1.65. The Labute approximate surface area is 95.8 Å². The van der Waals surface area contributed by atoms with E-state index in [2.05, 4.69) is 15.1 Å². The molecule has 0 aromatic carbocycles. The van der Waals surface area contributed by atoms with E-state index in [1.54, 1.807) is 16.9 Å². The van der Waals surface area contributed by atoms with Crippen LogP contribution < -0.4 is 0 Å². The smallest absolute Gasteiger partial charge is 0.218 e. The van der Waals surface area contributed by atoms with Crippen LogP contribution in [0.1, 0.15) is 0 Å². The highest BCUT2D eigenvalue weighted by Gasteiger charge is 2.11. The van der Waals surface area contributed by atoms with Crippen LogP contribution in [0.25, 0.3) is 16.9 Å². The second-order valence-corrected chi connectivity index (χ2v) is 3.50. The summed E-state index contributed by atoms with van der Waals surface area (Å²) in [4.78, 5) is 7.72. The van der Waals surface area contributed by atoms with Crippen LogP contribution in [0.5, 0.6) is 11.8 Å². The van der Waals surface area contributed by atoms with Crippen LogP contribution in [-0.2, 0) is 0 Å². The second-order valence-electron chi connectivity index (χ2n) is 3.50. The molecule has 3 heterocycles. The summed E-state index contributed by atoms with van der Waals surface area (Å²) in [5.41, 5.74) is 1.45. The Bertz CT molecular complexity index is 673. The molecule has 6 heteroatoms. The van der Waals surface area contributed by atoms with Crippen LogP contribution in [-0.4, -0.2) is 29.8 Å². The Morgan fingerprint density at radius 2 is 1.82 bits per heavy atom. The topological polar surface area (TPSA) is 83.5 Å². The molecule has 17 heavy (non-hydrogen) atoms. The molecule has 2 N–H and O–H groups in total. The van der Waals surface area contributed by atoms with Gasteiger partial charge in [-0.1, -0.05) is 6.07 Å². The summed E-state index contributed by atoms with van der Waals surface area (Å²) in [7, 11) is 0. The van der Waals surface area contributed by atoms with Crippen molar-refractivity contribution in [1.82, 2.24) is 19.6 Å². The average Bonchev–Trinajstić information content (AvgIpc) is 2.71. The van der Waals surface area contributed by atoms with Gasteiger partial charge >= 0.3 is 0 Å². The minimum atomic E-state index is -0.275. The summed E-state index contributed by atoms with van der Waals surface area (Å²) in [5, 5.41) is 22.8. The van der Waals surface area contributed by atoms with Gasteiger partial charge < -0.3 is 10.2 Å². The van der Waals surface area contributed by atoms with Crippen molar-refractivity contribution in [1.29, 1.82) is 0 Å². The fourth-order valence-electron chi connectivity index (χ4n) is 1.65. The van der Waals surface area contributed by atoms with Crippen LogP contribution in [0.15, 0.2) is 36.7 Å². The van der Waals surface area contributed by atoms with Gasteiger partial charge in [-0.05, 0) is 12.1 Å². The van der Waals surface area contributed by atoms with Crippen molar-refractivity contribution in [2.24, 2.45) is 0 Å². The standard InChI is InChI=1S/C11H8N4O2/c16-9-5-10(17)14-11(13-9)7-6-12-15-4-2-1-3-8(7)15/h1-6H,(H2,13,14,16,17). The van der Waals surface area contributed by atoms with Crippen molar-refractivity contribution < 1.29 is 10.2 Å². The molecule has 3 rings (SSSR count). The van der Waals surface area contributed by atoms with Crippen molar-refractivity contribution in [3.8, 4) is 23.1 Å². The van der Waals surface area contributed by atoms with Crippen LogP contribution in [0.4, 0.5) is 0 Å². The lowest BCUT2D eigenvalue weighted by Gasteiger charge is -1.99. The van der Waals surface area contributed by atoms with E-state index in [0.717, 1.165) is 11.6 Å². The molecule has 84 valence electrons. The van der Waals surface area contributed by atoms with E-state index >= 15 is 0 Å². The minimum absolute atomic E-state index is 0.240. The molecule has 0 unspecified atom stereocenters. The highest BCUT2D eigenvalue weighted by atomic mass is 16.3. The number of pyridine rings is 1. The predicted molar refractivity (Wildman–Crippen MR) is 59.5 cm³/mol. The summed E-state index contributed by atoms with van der Waals surface area (Å²) >= 11 is 0. The molecule has 0 aliphatic heterocycles. The summed E-state index contributed by atoms with van der Waals surface area (Å²) in [6, 6.07) is 6.65. The van der Waals surface area contributed by atoms with E-state index in [1.807, 2.05) is 18.2 Å². The highest BCUT2D eigenvalue weighted by Crippen LogP contribution is 2.24. The number of nitrogens with zero attached hydrogens (tertiary/aromatic N) is 4. The first kappa shape index (κ1) is 9.59. The normalized spacial score (nSPS) is 10.8. The zero-order valence-electron chi connectivity index (χ0n) is 8.65. The van der Waals surface area contributed by atoms with Gasteiger partial charge in [0.25, 0.3) is 0 Å². The van der Waals surface area contributed by atoms with Crippen LogP contribution in [0.2, 0.25) is 0 Å². The van der Waals surface area contributed by atoms with Gasteiger partial charge in [0.2, 0.25) is 11.8 Å². The van der Waals surface area contributed by atoms with Crippen molar-refractivity contribution in [2.75, 3.05) is 0 Å². The van der Waals surface area contributed by atoms with Gasteiger partial charge in [-0.25, -0.2) is 4.52 Å². The molecule has 0 fully saturated rings. The zero-order chi connectivity index (χ0) is 11.8. The summed E-state index contributed by atoms with van der Waals surface area (Å²) in [6.45, 7) is 0. The maximum atomic E-state index is 9.33. The molecule has 0 spiro atoms. The van der Waals surface area contributed by atoms with E-state index < -0.39 is 0 Å². The molecule has 3 aromatic heterocycles. The first-order valence-corrected chi connectivity index (χ1v) is 4.94. The summed E-state index contributed by atoms with van der Waals surface area (Å²) < 4.78 is 1.67. The van der Waals surface area contributed by atoms with Gasteiger partial charge in [0.15, 0.2) is 5.82 Å². The molecular formula is C11H8N4O2. The second kappa shape index (κ2) is 3.44. The van der Waals surface area contributed by atoms with E-state index in [0.29, 0.717) is 5.56 Å². The number of rotatable bonds is 1. The van der Waals surface area contributed by atoms with Gasteiger partial charge in [-0.15, -0.1) is 0 Å². The largest absolute Gasteiger partial charge is 0.493 e. The number of fused-ring (bicyclic) bond motifs is 1. The summed E-state index contributed by atoms with van der Waals surface area (Å²) in [6.07, 6.45) is 3.38. The lowest BCUT2D eigenvalue weighted by molar-refractivity contribution is 0.423. The van der Waals surface area contributed by atoms with Gasteiger partial charge in [0, 0.05) is 6.20 Å². The first-order chi connectivity index (χ1) is 8.24. The highest BCUT2D eigenvalue weighted by molar-refractivity contribution is 5.75. The Hall–Kier alpha value is -2.63. The van der Waals surface area contributed by atoms with Crippen molar-refractivity contribution >= 4 is 5.52 Å². The van der Waals surface area contributed by atoms with Crippen molar-refractivity contribution in [2.45, 2.75) is 0 Å². The third-order valence-electron chi connectivity index (χ3n) is 2.37. The predicted octanol–water partition coefficient (Wildman–Crippen LogP) is 1.20. The Kier molecular flexibility index (Phi) is 1.94.